The topological polar surface area (TPSA) is 164 Å². The standard InChI is InChI=1S/C21H39N7O2.3ClH/c1-16(20(30)26-15-3-2-13-25-14-5-12-22)27-19(29)7-4-6-17-8-10-18(11-9-17)28-21(23)24;;;/h8-11,16,20,25-26,30H,2-7,12-15,22H2,1H3,(H,27,29)(H4,23,24,28);3*1H. The van der Waals surface area contributed by atoms with Crippen molar-refractivity contribution >= 4 is 54.8 Å². The van der Waals surface area contributed by atoms with Crippen molar-refractivity contribution in [2.75, 3.05) is 26.2 Å². The van der Waals surface area contributed by atoms with Crippen LogP contribution in [-0.2, 0) is 11.2 Å². The highest BCUT2D eigenvalue weighted by Gasteiger charge is 2.15. The number of aryl methyl sites for hydroxylation is 1. The summed E-state index contributed by atoms with van der Waals surface area (Å²) < 4.78 is 0. The van der Waals surface area contributed by atoms with E-state index in [1.807, 2.05) is 24.3 Å². The van der Waals surface area contributed by atoms with Crippen LogP contribution < -0.4 is 33.2 Å². The van der Waals surface area contributed by atoms with Gasteiger partial charge in [-0.2, -0.15) is 0 Å². The zero-order valence-electron chi connectivity index (χ0n) is 19.3. The molecule has 1 amide bonds. The van der Waals surface area contributed by atoms with Crippen LogP contribution in [0, 0.1) is 0 Å². The Morgan fingerprint density at radius 1 is 1.00 bits per heavy atom. The van der Waals surface area contributed by atoms with Crippen LogP contribution in [0.25, 0.3) is 0 Å². The van der Waals surface area contributed by atoms with E-state index in [4.69, 9.17) is 17.2 Å². The van der Waals surface area contributed by atoms with E-state index < -0.39 is 6.23 Å². The minimum absolute atomic E-state index is 0. The van der Waals surface area contributed by atoms with Gasteiger partial charge < -0.3 is 32.9 Å². The highest BCUT2D eigenvalue weighted by Crippen LogP contribution is 2.14. The van der Waals surface area contributed by atoms with E-state index in [0.29, 0.717) is 25.2 Å². The first kappa shape index (κ1) is 36.2. The van der Waals surface area contributed by atoms with Crippen LogP contribution in [0.2, 0.25) is 0 Å². The Labute approximate surface area is 216 Å². The first-order chi connectivity index (χ1) is 14.4. The summed E-state index contributed by atoms with van der Waals surface area (Å²) in [7, 11) is 0. The number of unbranched alkanes of at least 4 members (excludes halogenated alkanes) is 1. The van der Waals surface area contributed by atoms with Crippen molar-refractivity contribution in [2.24, 2.45) is 22.2 Å². The van der Waals surface area contributed by atoms with Crippen molar-refractivity contribution in [3.05, 3.63) is 29.8 Å². The number of benzene rings is 1. The molecule has 0 aliphatic rings. The molecular weight excluding hydrogens is 489 g/mol. The molecule has 0 bridgehead atoms. The Morgan fingerprint density at radius 2 is 1.61 bits per heavy atom. The van der Waals surface area contributed by atoms with Gasteiger partial charge in [-0.25, -0.2) is 4.99 Å². The number of carbonyl (C=O) groups excluding carboxylic acids is 1. The fraction of sp³-hybridized carbons (Fsp3) is 0.619. The second-order valence-corrected chi connectivity index (χ2v) is 7.41. The zero-order chi connectivity index (χ0) is 22.2. The summed E-state index contributed by atoms with van der Waals surface area (Å²) in [6.07, 6.45) is 4.11. The second-order valence-electron chi connectivity index (χ2n) is 7.41. The number of carbonyl (C=O) groups is 1. The Bertz CT molecular complexity index is 633. The lowest BCUT2D eigenvalue weighted by molar-refractivity contribution is -0.122. The summed E-state index contributed by atoms with van der Waals surface area (Å²) in [4.78, 5) is 16.1. The van der Waals surface area contributed by atoms with Gasteiger partial charge in [0, 0.05) is 6.42 Å². The molecule has 0 aromatic heterocycles. The summed E-state index contributed by atoms with van der Waals surface area (Å²) in [5.74, 6) is -0.0369. The number of aliphatic imine (C=N–C) groups is 1. The molecule has 2 atom stereocenters. The Morgan fingerprint density at radius 3 is 2.21 bits per heavy atom. The van der Waals surface area contributed by atoms with Gasteiger partial charge in [-0.05, 0) is 82.9 Å². The molecule has 1 rings (SSSR count). The van der Waals surface area contributed by atoms with Gasteiger partial charge >= 0.3 is 0 Å². The SMILES string of the molecule is CC(NC(=O)CCCc1ccc(N=C(N)N)cc1)C(O)NCCCCNCCCN.Cl.Cl.Cl. The normalized spacial score (nSPS) is 11.7. The summed E-state index contributed by atoms with van der Waals surface area (Å²) in [5.41, 5.74) is 18.0. The monoisotopic (exact) mass is 529 g/mol. The van der Waals surface area contributed by atoms with Crippen molar-refractivity contribution in [3.63, 3.8) is 0 Å². The van der Waals surface area contributed by atoms with Gasteiger partial charge in [-0.1, -0.05) is 12.1 Å². The van der Waals surface area contributed by atoms with E-state index in [0.717, 1.165) is 50.8 Å². The summed E-state index contributed by atoms with van der Waals surface area (Å²) in [6.45, 7) is 5.10. The molecule has 0 spiro atoms. The number of nitrogens with zero attached hydrogens (tertiary/aromatic N) is 1. The van der Waals surface area contributed by atoms with Gasteiger partial charge in [0.15, 0.2) is 5.96 Å². The third-order valence-electron chi connectivity index (χ3n) is 4.62. The molecule has 10 N–H and O–H groups in total. The van der Waals surface area contributed by atoms with Crippen molar-refractivity contribution in [1.82, 2.24) is 16.0 Å². The number of hydrogen-bond acceptors (Lipinski definition) is 6. The molecule has 0 aliphatic carbocycles. The molecule has 9 nitrogen and oxygen atoms in total. The summed E-state index contributed by atoms with van der Waals surface area (Å²) in [5, 5.41) is 19.4. The third kappa shape index (κ3) is 18.7. The van der Waals surface area contributed by atoms with Crippen LogP contribution >= 0.6 is 37.2 Å². The Hall–Kier alpha value is -1.33. The van der Waals surface area contributed by atoms with E-state index in [-0.39, 0.29) is 55.1 Å². The zero-order valence-corrected chi connectivity index (χ0v) is 21.7. The predicted molar refractivity (Wildman–Crippen MR) is 144 cm³/mol. The first-order valence-corrected chi connectivity index (χ1v) is 10.7. The Kier molecular flexibility index (Phi) is 24.7. The maximum Gasteiger partial charge on any atom is 0.220 e. The summed E-state index contributed by atoms with van der Waals surface area (Å²) in [6, 6.07) is 7.23. The average molecular weight is 531 g/mol. The molecule has 33 heavy (non-hydrogen) atoms. The van der Waals surface area contributed by atoms with Crippen molar-refractivity contribution in [3.8, 4) is 0 Å². The van der Waals surface area contributed by atoms with E-state index in [1.165, 1.54) is 0 Å². The van der Waals surface area contributed by atoms with Gasteiger partial charge in [0.1, 0.15) is 6.23 Å². The van der Waals surface area contributed by atoms with E-state index in [2.05, 4.69) is 20.9 Å². The van der Waals surface area contributed by atoms with E-state index in [9.17, 15) is 9.90 Å². The molecule has 0 aliphatic heterocycles. The molecule has 12 heteroatoms. The maximum atomic E-state index is 12.1. The van der Waals surface area contributed by atoms with Crippen LogP contribution in [0.15, 0.2) is 29.3 Å². The van der Waals surface area contributed by atoms with Gasteiger partial charge in [-0.15, -0.1) is 37.2 Å². The van der Waals surface area contributed by atoms with Gasteiger partial charge in [0.2, 0.25) is 5.91 Å². The molecule has 1 aromatic carbocycles. The minimum atomic E-state index is -0.762. The number of aliphatic hydroxyl groups excluding tert-OH is 1. The van der Waals surface area contributed by atoms with Crippen LogP contribution in [0.3, 0.4) is 0 Å². The quantitative estimate of drug-likeness (QED) is 0.0733. The fourth-order valence-corrected chi connectivity index (χ4v) is 2.90. The molecule has 2 unspecified atom stereocenters. The molecule has 194 valence electrons. The largest absolute Gasteiger partial charge is 0.376 e. The van der Waals surface area contributed by atoms with Crippen molar-refractivity contribution in [1.29, 1.82) is 0 Å². The number of nitrogens with one attached hydrogen (secondary N) is 3. The number of amides is 1. The Balaban J connectivity index is -0.00000300. The molecule has 1 aromatic rings. The van der Waals surface area contributed by atoms with Crippen molar-refractivity contribution < 1.29 is 9.90 Å². The van der Waals surface area contributed by atoms with Crippen LogP contribution in [-0.4, -0.2) is 55.4 Å². The molecule has 0 heterocycles. The fourth-order valence-electron chi connectivity index (χ4n) is 2.90. The lowest BCUT2D eigenvalue weighted by Gasteiger charge is -2.21. The third-order valence-corrected chi connectivity index (χ3v) is 4.62. The minimum Gasteiger partial charge on any atom is -0.376 e. The number of halogens is 3. The predicted octanol–water partition coefficient (Wildman–Crippen LogP) is 1.31. The number of hydrogen-bond donors (Lipinski definition) is 7. The molecule has 0 saturated carbocycles. The first-order valence-electron chi connectivity index (χ1n) is 10.7. The lowest BCUT2D eigenvalue weighted by atomic mass is 10.1. The highest BCUT2D eigenvalue weighted by molar-refractivity contribution is 5.86. The molecule has 0 fully saturated rings. The average Bonchev–Trinajstić information content (AvgIpc) is 2.70. The molecule has 0 radical (unpaired) electrons. The van der Waals surface area contributed by atoms with Crippen LogP contribution in [0.1, 0.15) is 44.6 Å². The number of nitrogens with two attached hydrogens (primary N) is 3. The van der Waals surface area contributed by atoms with Crippen molar-refractivity contribution in [2.45, 2.75) is 57.7 Å². The van der Waals surface area contributed by atoms with Crippen LogP contribution in [0.5, 0.6) is 0 Å². The molecule has 0 saturated heterocycles. The van der Waals surface area contributed by atoms with Gasteiger partial charge in [0.25, 0.3) is 0 Å². The summed E-state index contributed by atoms with van der Waals surface area (Å²) >= 11 is 0. The maximum absolute atomic E-state index is 12.1. The number of aliphatic hydroxyl groups is 1. The smallest absolute Gasteiger partial charge is 0.220 e. The van der Waals surface area contributed by atoms with Gasteiger partial charge in [-0.3, -0.25) is 10.1 Å². The number of guanidine groups is 1. The van der Waals surface area contributed by atoms with E-state index in [1.54, 1.807) is 6.92 Å². The van der Waals surface area contributed by atoms with E-state index >= 15 is 0 Å². The highest BCUT2D eigenvalue weighted by atomic mass is 35.5. The number of rotatable bonds is 16. The molecular formula is C21H42Cl3N7O2. The van der Waals surface area contributed by atoms with Crippen LogP contribution in [0.4, 0.5) is 5.69 Å². The van der Waals surface area contributed by atoms with Gasteiger partial charge in [0.05, 0.1) is 11.7 Å². The second kappa shape index (κ2) is 22.5. The lowest BCUT2D eigenvalue weighted by Crippen LogP contribution is -2.48.